The van der Waals surface area contributed by atoms with Gasteiger partial charge in [0, 0.05) is 4.90 Å². The largest absolute Gasteiger partial charge is 0.507 e. The minimum Gasteiger partial charge on any atom is -0.507 e. The van der Waals surface area contributed by atoms with Gasteiger partial charge in [-0.05, 0) is 29.8 Å². The van der Waals surface area contributed by atoms with Crippen LogP contribution in [0.15, 0.2) is 58.3 Å². The van der Waals surface area contributed by atoms with E-state index in [1.807, 2.05) is 36.4 Å². The van der Waals surface area contributed by atoms with Crippen LogP contribution in [0, 0.1) is 0 Å². The van der Waals surface area contributed by atoms with E-state index in [4.69, 9.17) is 5.11 Å². The van der Waals surface area contributed by atoms with Gasteiger partial charge in [-0.3, -0.25) is 0 Å². The summed E-state index contributed by atoms with van der Waals surface area (Å²) in [7, 11) is 0. The van der Waals surface area contributed by atoms with Crippen molar-refractivity contribution >= 4 is 11.8 Å². The summed E-state index contributed by atoms with van der Waals surface area (Å²) in [5, 5.41) is 18.5. The molecule has 2 rings (SSSR count). The highest BCUT2D eigenvalue weighted by Crippen LogP contribution is 2.33. The number of phenolic OH excluding ortho intramolecular Hbond substituents is 1. The maximum Gasteiger partial charge on any atom is 0.129 e. The van der Waals surface area contributed by atoms with Gasteiger partial charge < -0.3 is 10.2 Å². The van der Waals surface area contributed by atoms with E-state index in [9.17, 15) is 5.11 Å². The molecule has 0 heterocycles. The quantitative estimate of drug-likeness (QED) is 0.854. The van der Waals surface area contributed by atoms with Crippen molar-refractivity contribution in [3.63, 3.8) is 0 Å². The summed E-state index contributed by atoms with van der Waals surface area (Å²) < 4.78 is 0. The second kappa shape index (κ2) is 5.05. The first-order chi connectivity index (χ1) is 7.79. The van der Waals surface area contributed by atoms with E-state index in [2.05, 4.69) is 0 Å². The monoisotopic (exact) mass is 232 g/mol. The Morgan fingerprint density at radius 1 is 0.938 bits per heavy atom. The molecule has 0 saturated heterocycles. The fraction of sp³-hybridized carbons (Fsp3) is 0.0769. The molecule has 2 aromatic carbocycles. The van der Waals surface area contributed by atoms with Crippen molar-refractivity contribution in [3.05, 3.63) is 54.1 Å². The first kappa shape index (κ1) is 11.0. The van der Waals surface area contributed by atoms with Crippen molar-refractivity contribution in [1.82, 2.24) is 0 Å². The lowest BCUT2D eigenvalue weighted by molar-refractivity contribution is 0.282. The summed E-state index contributed by atoms with van der Waals surface area (Å²) in [5.74, 6) is 0.290. The number of aromatic hydroxyl groups is 1. The molecule has 0 unspecified atom stereocenters. The predicted molar refractivity (Wildman–Crippen MR) is 64.6 cm³/mol. The van der Waals surface area contributed by atoms with Gasteiger partial charge in [-0.1, -0.05) is 36.0 Å². The molecule has 0 aromatic heterocycles. The van der Waals surface area contributed by atoms with E-state index in [1.165, 1.54) is 11.8 Å². The second-order valence-electron chi connectivity index (χ2n) is 3.37. The van der Waals surface area contributed by atoms with E-state index in [-0.39, 0.29) is 6.61 Å². The molecule has 0 atom stereocenters. The molecule has 0 saturated carbocycles. The Hall–Kier alpha value is -1.45. The minimum atomic E-state index is 0.0571. The van der Waals surface area contributed by atoms with Crippen molar-refractivity contribution < 1.29 is 10.2 Å². The fourth-order valence-electron chi connectivity index (χ4n) is 1.33. The zero-order valence-electron chi connectivity index (χ0n) is 8.63. The Bertz CT molecular complexity index is 466. The number of benzene rings is 2. The predicted octanol–water partition coefficient (Wildman–Crippen LogP) is 3.04. The van der Waals surface area contributed by atoms with Gasteiger partial charge in [0.2, 0.25) is 0 Å². The molecule has 0 bridgehead atoms. The summed E-state index contributed by atoms with van der Waals surface area (Å²) in [4.78, 5) is 1.87. The third-order valence-corrected chi connectivity index (χ3v) is 3.27. The Labute approximate surface area is 98.6 Å². The molecular formula is C13H12O2S. The van der Waals surface area contributed by atoms with Crippen molar-refractivity contribution in [1.29, 1.82) is 0 Å². The Morgan fingerprint density at radius 2 is 1.62 bits per heavy atom. The molecule has 16 heavy (non-hydrogen) atoms. The summed E-state index contributed by atoms with van der Waals surface area (Å²) in [6, 6.07) is 14.9. The number of hydrogen-bond acceptors (Lipinski definition) is 3. The molecule has 0 aliphatic carbocycles. The number of para-hydroxylation sites is 1. The lowest BCUT2D eigenvalue weighted by Gasteiger charge is -2.04. The maximum atomic E-state index is 9.61. The molecule has 0 spiro atoms. The highest BCUT2D eigenvalue weighted by molar-refractivity contribution is 7.99. The van der Waals surface area contributed by atoms with Crippen LogP contribution in [0.3, 0.4) is 0 Å². The van der Waals surface area contributed by atoms with Gasteiger partial charge in [0.1, 0.15) is 5.75 Å². The molecule has 0 aliphatic rings. The van der Waals surface area contributed by atoms with Gasteiger partial charge in [0.05, 0.1) is 11.5 Å². The average Bonchev–Trinajstić information content (AvgIpc) is 2.33. The number of hydrogen-bond donors (Lipinski definition) is 2. The van der Waals surface area contributed by atoms with Crippen molar-refractivity contribution in [2.24, 2.45) is 0 Å². The van der Waals surface area contributed by atoms with E-state index in [0.29, 0.717) is 5.75 Å². The van der Waals surface area contributed by atoms with Crippen LogP contribution in [0.25, 0.3) is 0 Å². The van der Waals surface area contributed by atoms with E-state index >= 15 is 0 Å². The Morgan fingerprint density at radius 3 is 2.25 bits per heavy atom. The van der Waals surface area contributed by atoms with E-state index in [1.54, 1.807) is 12.1 Å². The average molecular weight is 232 g/mol. The molecule has 2 nitrogen and oxygen atoms in total. The van der Waals surface area contributed by atoms with E-state index < -0.39 is 0 Å². The molecule has 2 aromatic rings. The summed E-state index contributed by atoms with van der Waals surface area (Å²) in [5.41, 5.74) is 0.890. The zero-order chi connectivity index (χ0) is 11.4. The van der Waals surface area contributed by atoms with Crippen LogP contribution >= 0.6 is 11.8 Å². The lowest BCUT2D eigenvalue weighted by atomic mass is 10.2. The van der Waals surface area contributed by atoms with Gasteiger partial charge in [-0.25, -0.2) is 0 Å². The molecule has 82 valence electrons. The smallest absolute Gasteiger partial charge is 0.129 e. The van der Waals surface area contributed by atoms with Gasteiger partial charge in [-0.2, -0.15) is 0 Å². The Balaban J connectivity index is 2.18. The summed E-state index contributed by atoms with van der Waals surface area (Å²) >= 11 is 1.50. The van der Waals surface area contributed by atoms with Crippen LogP contribution in [0.5, 0.6) is 5.75 Å². The van der Waals surface area contributed by atoms with Crippen LogP contribution in [0.2, 0.25) is 0 Å². The third kappa shape index (κ3) is 2.56. The molecular weight excluding hydrogens is 220 g/mol. The van der Waals surface area contributed by atoms with Gasteiger partial charge in [0.25, 0.3) is 0 Å². The number of aliphatic hydroxyl groups is 1. The maximum absolute atomic E-state index is 9.61. The first-order valence-electron chi connectivity index (χ1n) is 4.95. The fourth-order valence-corrected chi connectivity index (χ4v) is 2.18. The van der Waals surface area contributed by atoms with Crippen LogP contribution in [-0.4, -0.2) is 10.2 Å². The third-order valence-electron chi connectivity index (χ3n) is 2.20. The van der Waals surface area contributed by atoms with Crippen LogP contribution in [-0.2, 0) is 6.61 Å². The van der Waals surface area contributed by atoms with Gasteiger partial charge >= 0.3 is 0 Å². The van der Waals surface area contributed by atoms with Crippen LogP contribution < -0.4 is 0 Å². The van der Waals surface area contributed by atoms with Crippen molar-refractivity contribution in [2.45, 2.75) is 16.4 Å². The van der Waals surface area contributed by atoms with Crippen LogP contribution in [0.1, 0.15) is 5.56 Å². The van der Waals surface area contributed by atoms with Crippen molar-refractivity contribution in [2.75, 3.05) is 0 Å². The standard InChI is InChI=1S/C13H12O2S/c14-9-10-5-7-11(8-6-10)16-13-4-2-1-3-12(13)15/h1-8,14-15H,9H2. The molecule has 0 radical (unpaired) electrons. The highest BCUT2D eigenvalue weighted by Gasteiger charge is 2.01. The number of rotatable bonds is 3. The second-order valence-corrected chi connectivity index (χ2v) is 4.49. The number of aliphatic hydroxyl groups excluding tert-OH is 1. The van der Waals surface area contributed by atoms with Gasteiger partial charge in [-0.15, -0.1) is 0 Å². The van der Waals surface area contributed by atoms with Gasteiger partial charge in [0.15, 0.2) is 0 Å². The molecule has 2 N–H and O–H groups in total. The SMILES string of the molecule is OCc1ccc(Sc2ccccc2O)cc1. The molecule has 3 heteroatoms. The first-order valence-corrected chi connectivity index (χ1v) is 5.77. The summed E-state index contributed by atoms with van der Waals surface area (Å²) in [6.45, 7) is 0.0571. The molecule has 0 amide bonds. The van der Waals surface area contributed by atoms with E-state index in [0.717, 1.165) is 15.4 Å². The summed E-state index contributed by atoms with van der Waals surface area (Å²) in [6.07, 6.45) is 0. The van der Waals surface area contributed by atoms with Crippen molar-refractivity contribution in [3.8, 4) is 5.75 Å². The molecule has 0 aliphatic heterocycles. The lowest BCUT2D eigenvalue weighted by Crippen LogP contribution is -1.81. The normalized spacial score (nSPS) is 10.3. The molecule has 0 fully saturated rings. The minimum absolute atomic E-state index is 0.0571. The number of phenols is 1. The Kier molecular flexibility index (Phi) is 3.49. The highest BCUT2D eigenvalue weighted by atomic mass is 32.2. The zero-order valence-corrected chi connectivity index (χ0v) is 9.45. The topological polar surface area (TPSA) is 40.5 Å². The van der Waals surface area contributed by atoms with Crippen LogP contribution in [0.4, 0.5) is 0 Å².